The van der Waals surface area contributed by atoms with Crippen molar-refractivity contribution in [1.82, 2.24) is 0 Å². The standard InChI is InChI=1S/C4H8O2S.Na/c1-4(2-3-4)7(5)6;/h2-3H2,1H3,(H,5,6);/q;+1/p-1. The first-order valence-corrected chi connectivity index (χ1v) is 3.32. The van der Waals surface area contributed by atoms with Crippen LogP contribution < -0.4 is 29.6 Å². The fourth-order valence-corrected chi connectivity index (χ4v) is 0.778. The van der Waals surface area contributed by atoms with E-state index in [4.69, 9.17) is 0 Å². The third kappa shape index (κ3) is 1.81. The molecule has 0 aliphatic heterocycles. The second-order valence-electron chi connectivity index (χ2n) is 2.18. The van der Waals surface area contributed by atoms with Gasteiger partial charge in [0.15, 0.2) is 0 Å². The summed E-state index contributed by atoms with van der Waals surface area (Å²) in [5.74, 6) is 0. The molecule has 0 aromatic carbocycles. The molecule has 0 radical (unpaired) electrons. The minimum Gasteiger partial charge on any atom is -0.772 e. The quantitative estimate of drug-likeness (QED) is 0.298. The Labute approximate surface area is 73.6 Å². The zero-order valence-corrected chi connectivity index (χ0v) is 7.96. The summed E-state index contributed by atoms with van der Waals surface area (Å²) in [6.45, 7) is 1.76. The summed E-state index contributed by atoms with van der Waals surface area (Å²) in [6.07, 6.45) is 1.70. The van der Waals surface area contributed by atoms with Gasteiger partial charge in [-0.1, -0.05) is 0 Å². The molecule has 42 valence electrons. The first-order chi connectivity index (χ1) is 3.15. The van der Waals surface area contributed by atoms with E-state index in [0.29, 0.717) is 0 Å². The second-order valence-corrected chi connectivity index (χ2v) is 3.64. The van der Waals surface area contributed by atoms with Gasteiger partial charge in [-0.3, -0.25) is 4.21 Å². The van der Waals surface area contributed by atoms with Crippen molar-refractivity contribution in [2.75, 3.05) is 0 Å². The van der Waals surface area contributed by atoms with E-state index < -0.39 is 11.1 Å². The van der Waals surface area contributed by atoms with E-state index >= 15 is 0 Å². The Kier molecular flexibility index (Phi) is 3.18. The molecule has 4 heteroatoms. The molecule has 2 nitrogen and oxygen atoms in total. The summed E-state index contributed by atoms with van der Waals surface area (Å²) >= 11 is -1.82. The van der Waals surface area contributed by atoms with Crippen LogP contribution >= 0.6 is 0 Å². The predicted octanol–water partition coefficient (Wildman–Crippen LogP) is -2.58. The molecule has 0 N–H and O–H groups in total. The fraction of sp³-hybridized carbons (Fsp3) is 1.00. The van der Waals surface area contributed by atoms with Crippen LogP contribution in [0.5, 0.6) is 0 Å². The topological polar surface area (TPSA) is 40.1 Å². The van der Waals surface area contributed by atoms with Crippen LogP contribution in [0.4, 0.5) is 0 Å². The van der Waals surface area contributed by atoms with Crippen molar-refractivity contribution in [3.63, 3.8) is 0 Å². The molecule has 0 aromatic rings. The molecule has 0 saturated heterocycles. The smallest absolute Gasteiger partial charge is 0.772 e. The molecule has 0 spiro atoms. The van der Waals surface area contributed by atoms with Crippen molar-refractivity contribution < 1.29 is 38.3 Å². The average Bonchev–Trinajstić information content (AvgIpc) is 2.21. The Morgan fingerprint density at radius 1 is 1.62 bits per heavy atom. The first-order valence-electron chi connectivity index (χ1n) is 2.24. The van der Waals surface area contributed by atoms with E-state index in [1.54, 1.807) is 6.92 Å². The molecule has 1 aliphatic rings. The van der Waals surface area contributed by atoms with Crippen LogP contribution in [0.15, 0.2) is 0 Å². The molecule has 8 heavy (non-hydrogen) atoms. The van der Waals surface area contributed by atoms with Crippen molar-refractivity contribution in [3.05, 3.63) is 0 Å². The van der Waals surface area contributed by atoms with E-state index in [1.165, 1.54) is 0 Å². The van der Waals surface area contributed by atoms with Crippen LogP contribution in [0.25, 0.3) is 0 Å². The first kappa shape index (κ1) is 9.11. The Balaban J connectivity index is 0.000000490. The third-order valence-electron chi connectivity index (χ3n) is 1.36. The van der Waals surface area contributed by atoms with Gasteiger partial charge in [-0.2, -0.15) is 0 Å². The van der Waals surface area contributed by atoms with Crippen LogP contribution in [-0.4, -0.2) is 13.5 Å². The van der Waals surface area contributed by atoms with Crippen molar-refractivity contribution in [3.8, 4) is 0 Å². The molecular weight excluding hydrogens is 135 g/mol. The molecule has 1 atom stereocenters. The van der Waals surface area contributed by atoms with Gasteiger partial charge >= 0.3 is 29.6 Å². The van der Waals surface area contributed by atoms with Crippen LogP contribution in [0.1, 0.15) is 19.8 Å². The van der Waals surface area contributed by atoms with Crippen LogP contribution in [0.2, 0.25) is 0 Å². The van der Waals surface area contributed by atoms with Crippen LogP contribution in [0.3, 0.4) is 0 Å². The maximum Gasteiger partial charge on any atom is 1.00 e. The molecule has 0 bridgehead atoms. The maximum atomic E-state index is 10.1. The van der Waals surface area contributed by atoms with Gasteiger partial charge in [-0.15, -0.1) is 0 Å². The maximum absolute atomic E-state index is 10.1. The van der Waals surface area contributed by atoms with E-state index in [0.717, 1.165) is 12.8 Å². The van der Waals surface area contributed by atoms with Gasteiger partial charge in [0, 0.05) is 4.75 Å². The summed E-state index contributed by atoms with van der Waals surface area (Å²) < 4.78 is 19.8. The fourth-order valence-electron chi connectivity index (χ4n) is 0.343. The van der Waals surface area contributed by atoms with Crippen molar-refractivity contribution in [2.24, 2.45) is 0 Å². The minimum absolute atomic E-state index is 0. The van der Waals surface area contributed by atoms with Gasteiger partial charge in [-0.25, -0.2) is 0 Å². The van der Waals surface area contributed by atoms with E-state index in [-0.39, 0.29) is 34.3 Å². The molecule has 0 amide bonds. The van der Waals surface area contributed by atoms with E-state index in [9.17, 15) is 8.76 Å². The van der Waals surface area contributed by atoms with E-state index in [2.05, 4.69) is 0 Å². The SMILES string of the molecule is CC1(S(=O)[O-])CC1.[Na+]. The monoisotopic (exact) mass is 142 g/mol. The van der Waals surface area contributed by atoms with Crippen molar-refractivity contribution >= 4 is 11.1 Å². The van der Waals surface area contributed by atoms with E-state index in [1.807, 2.05) is 0 Å². The average molecular weight is 142 g/mol. The summed E-state index contributed by atoms with van der Waals surface area (Å²) in [6, 6.07) is 0. The Morgan fingerprint density at radius 2 is 2.00 bits per heavy atom. The van der Waals surface area contributed by atoms with Gasteiger partial charge in [0.05, 0.1) is 0 Å². The number of hydrogen-bond acceptors (Lipinski definition) is 2. The second kappa shape index (κ2) is 2.80. The predicted molar refractivity (Wildman–Crippen MR) is 26.6 cm³/mol. The molecular formula is C4H7NaO2S. The Hall–Kier alpha value is 1.11. The summed E-state index contributed by atoms with van der Waals surface area (Å²) in [5, 5.41) is 0. The molecule has 0 aromatic heterocycles. The third-order valence-corrected chi connectivity index (χ3v) is 2.57. The largest absolute Gasteiger partial charge is 1.00 e. The number of rotatable bonds is 1. The summed E-state index contributed by atoms with van der Waals surface area (Å²) in [7, 11) is 0. The van der Waals surface area contributed by atoms with Gasteiger partial charge < -0.3 is 4.55 Å². The van der Waals surface area contributed by atoms with Gasteiger partial charge in [0.1, 0.15) is 0 Å². The van der Waals surface area contributed by atoms with Gasteiger partial charge in [-0.05, 0) is 30.8 Å². The van der Waals surface area contributed by atoms with Crippen molar-refractivity contribution in [1.29, 1.82) is 0 Å². The summed E-state index contributed by atoms with van der Waals surface area (Å²) in [5.41, 5.74) is 0. The van der Waals surface area contributed by atoms with Crippen molar-refractivity contribution in [2.45, 2.75) is 24.5 Å². The van der Waals surface area contributed by atoms with Gasteiger partial charge in [0.2, 0.25) is 0 Å². The molecule has 1 saturated carbocycles. The van der Waals surface area contributed by atoms with Crippen LogP contribution in [0, 0.1) is 0 Å². The zero-order chi connectivity index (χ0) is 5.49. The molecule has 1 fully saturated rings. The Bertz CT molecular complexity index is 111. The summed E-state index contributed by atoms with van der Waals surface area (Å²) in [4.78, 5) is 0. The minimum atomic E-state index is -1.82. The van der Waals surface area contributed by atoms with Crippen LogP contribution in [-0.2, 0) is 11.1 Å². The molecule has 1 unspecified atom stereocenters. The normalized spacial score (nSPS) is 25.8. The molecule has 1 aliphatic carbocycles. The molecule has 0 heterocycles. The Morgan fingerprint density at radius 3 is 2.00 bits per heavy atom. The number of hydrogen-bond donors (Lipinski definition) is 0. The van der Waals surface area contributed by atoms with Gasteiger partial charge in [0.25, 0.3) is 0 Å². The molecule has 1 rings (SSSR count). The zero-order valence-electron chi connectivity index (χ0n) is 5.14.